The first-order chi connectivity index (χ1) is 17.3. The molecule has 0 atom stereocenters. The number of aromatic hydroxyl groups is 2. The molecule has 3 aromatic rings. The predicted octanol–water partition coefficient (Wildman–Crippen LogP) is 5.40. The minimum atomic E-state index is -0.331. The topological polar surface area (TPSA) is 98.8 Å². The van der Waals surface area contributed by atoms with E-state index in [1.165, 1.54) is 17.2 Å². The number of phenols is 2. The lowest BCUT2D eigenvalue weighted by Crippen LogP contribution is -2.32. The molecule has 1 aromatic heterocycles. The maximum atomic E-state index is 12.9. The first-order valence-corrected chi connectivity index (χ1v) is 13.8. The third kappa shape index (κ3) is 5.39. The zero-order valence-corrected chi connectivity index (χ0v) is 22.2. The van der Waals surface area contributed by atoms with E-state index in [-0.39, 0.29) is 29.0 Å². The summed E-state index contributed by atoms with van der Waals surface area (Å²) in [5.41, 5.74) is 5.15. The van der Waals surface area contributed by atoms with Gasteiger partial charge in [0.2, 0.25) is 0 Å². The van der Waals surface area contributed by atoms with Crippen LogP contribution in [0.2, 0.25) is 0 Å². The van der Waals surface area contributed by atoms with E-state index < -0.39 is 0 Å². The number of nitrogens with zero attached hydrogens (tertiary/aromatic N) is 2. The summed E-state index contributed by atoms with van der Waals surface area (Å²) in [6, 6.07) is 9.28. The normalized spacial score (nSPS) is 13.7. The molecule has 2 heterocycles. The van der Waals surface area contributed by atoms with Crippen LogP contribution < -0.4 is 5.32 Å². The molecule has 7 nitrogen and oxygen atoms in total. The Morgan fingerprint density at radius 1 is 1.17 bits per heavy atom. The summed E-state index contributed by atoms with van der Waals surface area (Å²) in [6.45, 7) is 11.4. The highest BCUT2D eigenvalue weighted by molar-refractivity contribution is 7.99. The van der Waals surface area contributed by atoms with Crippen molar-refractivity contribution < 1.29 is 19.5 Å². The average Bonchev–Trinajstić information content (AvgIpc) is 3.29. The lowest BCUT2D eigenvalue weighted by Gasteiger charge is -2.29. The van der Waals surface area contributed by atoms with E-state index in [4.69, 9.17) is 4.52 Å². The second kappa shape index (κ2) is 11.4. The molecule has 3 N–H and O–H groups in total. The molecule has 0 unspecified atom stereocenters. The van der Waals surface area contributed by atoms with Crippen LogP contribution in [-0.4, -0.2) is 57.3 Å². The van der Waals surface area contributed by atoms with E-state index in [1.54, 1.807) is 6.07 Å². The van der Waals surface area contributed by atoms with Gasteiger partial charge in [0.05, 0.1) is 11.1 Å². The number of nitrogens with one attached hydrogen (secondary N) is 1. The number of hydrogen-bond acceptors (Lipinski definition) is 7. The molecule has 1 aliphatic rings. The Hall–Kier alpha value is -2.97. The highest BCUT2D eigenvalue weighted by Crippen LogP contribution is 2.43. The molecule has 1 amide bonds. The van der Waals surface area contributed by atoms with Crippen LogP contribution in [0.5, 0.6) is 11.5 Å². The van der Waals surface area contributed by atoms with Gasteiger partial charge in [-0.15, -0.1) is 0 Å². The SMILES string of the molecule is CCNC(=O)c1noc(-c2cc(C(C)C)c(O)cc2O)c1-c1ccc2c(c1)CCN(CCSCC)C2. The molecule has 0 fully saturated rings. The van der Waals surface area contributed by atoms with Crippen molar-refractivity contribution in [1.29, 1.82) is 0 Å². The van der Waals surface area contributed by atoms with Gasteiger partial charge in [0.1, 0.15) is 11.5 Å². The molecule has 0 saturated carbocycles. The Labute approximate surface area is 216 Å². The minimum Gasteiger partial charge on any atom is -0.508 e. The molecule has 0 radical (unpaired) electrons. The monoisotopic (exact) mass is 509 g/mol. The van der Waals surface area contributed by atoms with Gasteiger partial charge in [0, 0.05) is 38.0 Å². The zero-order chi connectivity index (χ0) is 25.8. The molecule has 36 heavy (non-hydrogen) atoms. The number of carbonyl (C=O) groups excluding carboxylic acids is 1. The van der Waals surface area contributed by atoms with Crippen molar-refractivity contribution in [1.82, 2.24) is 15.4 Å². The van der Waals surface area contributed by atoms with Crippen LogP contribution in [0, 0.1) is 0 Å². The second-order valence-electron chi connectivity index (χ2n) is 9.38. The van der Waals surface area contributed by atoms with Gasteiger partial charge in [0.25, 0.3) is 5.91 Å². The molecule has 2 aromatic carbocycles. The third-order valence-electron chi connectivity index (χ3n) is 6.60. The molecule has 192 valence electrons. The van der Waals surface area contributed by atoms with Crippen LogP contribution in [0.25, 0.3) is 22.5 Å². The summed E-state index contributed by atoms with van der Waals surface area (Å²) in [5, 5.41) is 28.0. The number of aromatic nitrogens is 1. The van der Waals surface area contributed by atoms with Crippen LogP contribution in [0.3, 0.4) is 0 Å². The Kier molecular flexibility index (Phi) is 8.26. The van der Waals surface area contributed by atoms with Gasteiger partial charge in [-0.3, -0.25) is 9.69 Å². The Bertz CT molecular complexity index is 1240. The van der Waals surface area contributed by atoms with Crippen molar-refractivity contribution in [2.75, 3.05) is 31.1 Å². The third-order valence-corrected chi connectivity index (χ3v) is 7.48. The first kappa shape index (κ1) is 26.1. The molecular formula is C28H35N3O4S. The zero-order valence-electron chi connectivity index (χ0n) is 21.4. The van der Waals surface area contributed by atoms with Crippen molar-refractivity contribution in [2.45, 2.75) is 46.6 Å². The molecule has 1 aliphatic heterocycles. The van der Waals surface area contributed by atoms with Gasteiger partial charge >= 0.3 is 0 Å². The van der Waals surface area contributed by atoms with Crippen molar-refractivity contribution >= 4 is 17.7 Å². The predicted molar refractivity (Wildman–Crippen MR) is 145 cm³/mol. The maximum absolute atomic E-state index is 12.9. The van der Waals surface area contributed by atoms with Crippen molar-refractivity contribution in [2.24, 2.45) is 0 Å². The van der Waals surface area contributed by atoms with E-state index in [2.05, 4.69) is 34.4 Å². The quantitative estimate of drug-likeness (QED) is 0.332. The number of fused-ring (bicyclic) bond motifs is 1. The number of thioether (sulfide) groups is 1. The Morgan fingerprint density at radius 2 is 1.97 bits per heavy atom. The number of rotatable bonds is 9. The van der Waals surface area contributed by atoms with E-state index in [9.17, 15) is 15.0 Å². The van der Waals surface area contributed by atoms with Gasteiger partial charge < -0.3 is 20.1 Å². The van der Waals surface area contributed by atoms with Gasteiger partial charge in [-0.25, -0.2) is 0 Å². The summed E-state index contributed by atoms with van der Waals surface area (Å²) >= 11 is 1.96. The molecule has 0 spiro atoms. The molecule has 0 saturated heterocycles. The van der Waals surface area contributed by atoms with Crippen molar-refractivity contribution in [3.8, 4) is 33.9 Å². The van der Waals surface area contributed by atoms with E-state index in [0.717, 1.165) is 43.1 Å². The number of hydrogen-bond donors (Lipinski definition) is 3. The number of phenolic OH excluding ortho intramolecular Hbond substituents is 2. The largest absolute Gasteiger partial charge is 0.508 e. The Morgan fingerprint density at radius 3 is 2.69 bits per heavy atom. The first-order valence-electron chi connectivity index (χ1n) is 12.6. The summed E-state index contributed by atoms with van der Waals surface area (Å²) in [5.74, 6) is 2.17. The van der Waals surface area contributed by atoms with Gasteiger partial charge in [-0.2, -0.15) is 11.8 Å². The van der Waals surface area contributed by atoms with Crippen LogP contribution in [0.4, 0.5) is 0 Å². The average molecular weight is 510 g/mol. The van der Waals surface area contributed by atoms with E-state index in [0.29, 0.717) is 29.0 Å². The number of carbonyl (C=O) groups is 1. The second-order valence-corrected chi connectivity index (χ2v) is 10.8. The summed E-state index contributed by atoms with van der Waals surface area (Å²) in [7, 11) is 0. The summed E-state index contributed by atoms with van der Waals surface area (Å²) in [4.78, 5) is 15.4. The lowest BCUT2D eigenvalue weighted by molar-refractivity contribution is 0.0947. The summed E-state index contributed by atoms with van der Waals surface area (Å²) in [6.07, 6.45) is 0.930. The van der Waals surface area contributed by atoms with Crippen LogP contribution in [0.15, 0.2) is 34.9 Å². The molecule has 8 heteroatoms. The van der Waals surface area contributed by atoms with Gasteiger partial charge in [-0.05, 0) is 53.3 Å². The molecule has 4 rings (SSSR count). The van der Waals surface area contributed by atoms with Crippen molar-refractivity contribution in [3.05, 3.63) is 52.7 Å². The standard InChI is InChI=1S/C28H35N3O4S/c1-5-29-28(34)26-25(27(35-30-26)22-14-21(17(3)4)23(32)15-24(22)33)19-7-8-20-16-31(11-12-36-6-2)10-9-18(20)13-19/h7-8,13-15,17,32-33H,5-6,9-12,16H2,1-4H3,(H,29,34). The van der Waals surface area contributed by atoms with E-state index >= 15 is 0 Å². The van der Waals surface area contributed by atoms with Crippen LogP contribution in [0.1, 0.15) is 60.8 Å². The molecule has 0 bridgehead atoms. The number of benzene rings is 2. The minimum absolute atomic E-state index is 0.0203. The fourth-order valence-corrected chi connectivity index (χ4v) is 5.35. The highest BCUT2D eigenvalue weighted by atomic mass is 32.2. The summed E-state index contributed by atoms with van der Waals surface area (Å²) < 4.78 is 5.71. The molecule has 0 aliphatic carbocycles. The van der Waals surface area contributed by atoms with Crippen LogP contribution >= 0.6 is 11.8 Å². The fraction of sp³-hybridized carbons (Fsp3) is 0.429. The number of amides is 1. The fourth-order valence-electron chi connectivity index (χ4n) is 4.68. The van der Waals surface area contributed by atoms with Crippen molar-refractivity contribution in [3.63, 3.8) is 0 Å². The van der Waals surface area contributed by atoms with Gasteiger partial charge in [0.15, 0.2) is 11.5 Å². The highest BCUT2D eigenvalue weighted by Gasteiger charge is 2.28. The maximum Gasteiger partial charge on any atom is 0.274 e. The van der Waals surface area contributed by atoms with E-state index in [1.807, 2.05) is 38.6 Å². The molecular weight excluding hydrogens is 474 g/mol. The lowest BCUT2D eigenvalue weighted by atomic mass is 9.91. The smallest absolute Gasteiger partial charge is 0.274 e. The Balaban J connectivity index is 1.77. The van der Waals surface area contributed by atoms with Crippen LogP contribution in [-0.2, 0) is 13.0 Å². The van der Waals surface area contributed by atoms with Gasteiger partial charge in [-0.1, -0.05) is 44.1 Å².